The second-order valence-electron chi connectivity index (χ2n) is 4.47. The fourth-order valence-electron chi connectivity index (χ4n) is 2.46. The van der Waals surface area contributed by atoms with Crippen molar-refractivity contribution in [3.05, 3.63) is 12.7 Å². The fourth-order valence-corrected chi connectivity index (χ4v) is 2.46. The Balaban J connectivity index is 2.59. The van der Waals surface area contributed by atoms with Crippen LogP contribution in [0.1, 0.15) is 39.5 Å². The normalized spacial score (nSPS) is 29.3. The van der Waals surface area contributed by atoms with E-state index >= 15 is 0 Å². The summed E-state index contributed by atoms with van der Waals surface area (Å²) >= 11 is 0. The van der Waals surface area contributed by atoms with Crippen molar-refractivity contribution in [2.24, 2.45) is 17.8 Å². The molecule has 0 radical (unpaired) electrons. The molecule has 0 aliphatic heterocycles. The number of hydrogen-bond donors (Lipinski definition) is 0. The number of Topliss-reactive ketones (excluding diaryl/α,β-unsaturated/α-hetero) is 1. The summed E-state index contributed by atoms with van der Waals surface area (Å²) in [4.78, 5) is 11.3. The van der Waals surface area contributed by atoms with Crippen LogP contribution >= 0.6 is 0 Å². The van der Waals surface area contributed by atoms with Crippen molar-refractivity contribution in [1.82, 2.24) is 0 Å². The SMILES string of the molecule is C=CC[C@H]1CC(=O)CC[C@@H]1C(C)C. The fraction of sp³-hybridized carbons (Fsp3) is 0.750. The standard InChI is InChI=1S/C12H20O/c1-4-5-10-8-11(13)6-7-12(10)9(2)3/h4,9-10,12H,1,5-8H2,2-3H3/t10-,12+/m0/s1. The second-order valence-corrected chi connectivity index (χ2v) is 4.47. The van der Waals surface area contributed by atoms with Crippen molar-refractivity contribution < 1.29 is 4.79 Å². The molecular weight excluding hydrogens is 160 g/mol. The van der Waals surface area contributed by atoms with Crippen LogP contribution in [0.25, 0.3) is 0 Å². The van der Waals surface area contributed by atoms with Crippen molar-refractivity contribution in [2.45, 2.75) is 39.5 Å². The molecule has 1 aliphatic carbocycles. The van der Waals surface area contributed by atoms with Gasteiger partial charge in [0.2, 0.25) is 0 Å². The zero-order chi connectivity index (χ0) is 9.84. The van der Waals surface area contributed by atoms with Gasteiger partial charge in [-0.2, -0.15) is 0 Å². The van der Waals surface area contributed by atoms with Gasteiger partial charge in [0.25, 0.3) is 0 Å². The van der Waals surface area contributed by atoms with Gasteiger partial charge in [-0.05, 0) is 30.6 Å². The Morgan fingerprint density at radius 2 is 2.31 bits per heavy atom. The van der Waals surface area contributed by atoms with Gasteiger partial charge in [-0.25, -0.2) is 0 Å². The minimum atomic E-state index is 0.448. The average molecular weight is 180 g/mol. The van der Waals surface area contributed by atoms with Crippen molar-refractivity contribution in [2.75, 3.05) is 0 Å². The van der Waals surface area contributed by atoms with E-state index in [9.17, 15) is 4.79 Å². The Hall–Kier alpha value is -0.590. The molecule has 1 aliphatic rings. The highest BCUT2D eigenvalue weighted by Crippen LogP contribution is 2.35. The van der Waals surface area contributed by atoms with Crippen molar-refractivity contribution in [1.29, 1.82) is 0 Å². The van der Waals surface area contributed by atoms with E-state index in [-0.39, 0.29) is 0 Å². The summed E-state index contributed by atoms with van der Waals surface area (Å²) in [6.07, 6.45) is 5.65. The molecule has 2 atom stereocenters. The monoisotopic (exact) mass is 180 g/mol. The molecule has 74 valence electrons. The summed E-state index contributed by atoms with van der Waals surface area (Å²) in [5.74, 6) is 2.45. The summed E-state index contributed by atoms with van der Waals surface area (Å²) in [7, 11) is 0. The highest BCUT2D eigenvalue weighted by molar-refractivity contribution is 5.79. The lowest BCUT2D eigenvalue weighted by molar-refractivity contribution is -0.123. The van der Waals surface area contributed by atoms with Crippen molar-refractivity contribution in [3.63, 3.8) is 0 Å². The van der Waals surface area contributed by atoms with Crippen LogP contribution in [-0.4, -0.2) is 5.78 Å². The molecule has 1 rings (SSSR count). The van der Waals surface area contributed by atoms with E-state index in [1.54, 1.807) is 0 Å². The minimum Gasteiger partial charge on any atom is -0.300 e. The van der Waals surface area contributed by atoms with Crippen LogP contribution in [0.3, 0.4) is 0 Å². The molecular formula is C12H20O. The number of carbonyl (C=O) groups excluding carboxylic acids is 1. The van der Waals surface area contributed by atoms with Gasteiger partial charge in [0.1, 0.15) is 5.78 Å². The van der Waals surface area contributed by atoms with Crippen LogP contribution in [0.15, 0.2) is 12.7 Å². The van der Waals surface area contributed by atoms with Crippen LogP contribution in [0.5, 0.6) is 0 Å². The molecule has 1 fully saturated rings. The highest BCUT2D eigenvalue weighted by Gasteiger charge is 2.29. The summed E-state index contributed by atoms with van der Waals surface area (Å²) in [6, 6.07) is 0. The summed E-state index contributed by atoms with van der Waals surface area (Å²) in [6.45, 7) is 8.28. The lowest BCUT2D eigenvalue weighted by Gasteiger charge is -2.33. The molecule has 1 saturated carbocycles. The third-order valence-corrected chi connectivity index (χ3v) is 3.18. The quantitative estimate of drug-likeness (QED) is 0.609. The molecule has 0 amide bonds. The Morgan fingerprint density at radius 3 is 2.85 bits per heavy atom. The molecule has 0 aromatic rings. The molecule has 0 N–H and O–H groups in total. The van der Waals surface area contributed by atoms with Gasteiger partial charge >= 0.3 is 0 Å². The van der Waals surface area contributed by atoms with Crippen LogP contribution in [0.4, 0.5) is 0 Å². The van der Waals surface area contributed by atoms with E-state index in [4.69, 9.17) is 0 Å². The van der Waals surface area contributed by atoms with Gasteiger partial charge < -0.3 is 0 Å². The lowest BCUT2D eigenvalue weighted by atomic mass is 9.72. The van der Waals surface area contributed by atoms with Gasteiger partial charge in [-0.15, -0.1) is 6.58 Å². The molecule has 0 heterocycles. The van der Waals surface area contributed by atoms with E-state index in [2.05, 4.69) is 20.4 Å². The second kappa shape index (κ2) is 4.59. The molecule has 0 unspecified atom stereocenters. The number of hydrogen-bond acceptors (Lipinski definition) is 1. The van der Waals surface area contributed by atoms with E-state index < -0.39 is 0 Å². The first-order chi connectivity index (χ1) is 6.15. The number of allylic oxidation sites excluding steroid dienone is 1. The number of carbonyl (C=O) groups is 1. The van der Waals surface area contributed by atoms with Crippen LogP contribution in [-0.2, 0) is 4.79 Å². The lowest BCUT2D eigenvalue weighted by Crippen LogP contribution is -2.28. The van der Waals surface area contributed by atoms with Crippen LogP contribution in [0.2, 0.25) is 0 Å². The molecule has 1 nitrogen and oxygen atoms in total. The van der Waals surface area contributed by atoms with E-state index in [1.807, 2.05) is 6.08 Å². The van der Waals surface area contributed by atoms with Gasteiger partial charge in [0.05, 0.1) is 0 Å². The molecule has 0 aromatic carbocycles. The first-order valence-corrected chi connectivity index (χ1v) is 5.27. The first-order valence-electron chi connectivity index (χ1n) is 5.27. The molecule has 1 heteroatoms. The maximum absolute atomic E-state index is 11.3. The molecule has 0 bridgehead atoms. The van der Waals surface area contributed by atoms with Crippen LogP contribution < -0.4 is 0 Å². The van der Waals surface area contributed by atoms with Gasteiger partial charge in [0, 0.05) is 12.8 Å². The first kappa shape index (κ1) is 10.5. The Kier molecular flexibility index (Phi) is 3.71. The van der Waals surface area contributed by atoms with E-state index in [0.717, 1.165) is 31.6 Å². The minimum absolute atomic E-state index is 0.448. The Labute approximate surface area is 81.2 Å². The molecule has 13 heavy (non-hydrogen) atoms. The summed E-state index contributed by atoms with van der Waals surface area (Å²) in [5.41, 5.74) is 0. The van der Waals surface area contributed by atoms with E-state index in [0.29, 0.717) is 17.6 Å². The largest absolute Gasteiger partial charge is 0.300 e. The summed E-state index contributed by atoms with van der Waals surface area (Å²) < 4.78 is 0. The Morgan fingerprint density at radius 1 is 1.62 bits per heavy atom. The van der Waals surface area contributed by atoms with Gasteiger partial charge in [-0.3, -0.25) is 4.79 Å². The Bertz CT molecular complexity index is 193. The average Bonchev–Trinajstić information content (AvgIpc) is 2.04. The zero-order valence-corrected chi connectivity index (χ0v) is 8.75. The zero-order valence-electron chi connectivity index (χ0n) is 8.75. The number of rotatable bonds is 3. The topological polar surface area (TPSA) is 17.1 Å². The van der Waals surface area contributed by atoms with Crippen molar-refractivity contribution in [3.8, 4) is 0 Å². The smallest absolute Gasteiger partial charge is 0.133 e. The highest BCUT2D eigenvalue weighted by atomic mass is 16.1. The predicted molar refractivity (Wildman–Crippen MR) is 55.5 cm³/mol. The third kappa shape index (κ3) is 2.68. The maximum Gasteiger partial charge on any atom is 0.133 e. The maximum atomic E-state index is 11.3. The predicted octanol–water partition coefficient (Wildman–Crippen LogP) is 3.20. The molecule has 0 spiro atoms. The van der Waals surface area contributed by atoms with Crippen molar-refractivity contribution >= 4 is 5.78 Å². The van der Waals surface area contributed by atoms with Gasteiger partial charge in [-0.1, -0.05) is 19.9 Å². The summed E-state index contributed by atoms with van der Waals surface area (Å²) in [5, 5.41) is 0. The molecule has 0 aromatic heterocycles. The third-order valence-electron chi connectivity index (χ3n) is 3.18. The van der Waals surface area contributed by atoms with Crippen LogP contribution in [0, 0.1) is 17.8 Å². The van der Waals surface area contributed by atoms with Gasteiger partial charge in [0.15, 0.2) is 0 Å². The number of ketones is 1. The van der Waals surface area contributed by atoms with E-state index in [1.165, 1.54) is 0 Å². The molecule has 0 saturated heterocycles.